The lowest BCUT2D eigenvalue weighted by Crippen LogP contribution is -2.16. The van der Waals surface area contributed by atoms with E-state index in [0.29, 0.717) is 6.42 Å². The highest BCUT2D eigenvalue weighted by Crippen LogP contribution is 2.27. The number of rotatable bonds is 10. The van der Waals surface area contributed by atoms with Crippen molar-refractivity contribution in [3.8, 4) is 10.7 Å². The lowest BCUT2D eigenvalue weighted by Gasteiger charge is -2.11. The third-order valence-electron chi connectivity index (χ3n) is 4.65. The molecule has 0 bridgehead atoms. The van der Waals surface area contributed by atoms with Crippen LogP contribution >= 0.6 is 23.1 Å². The Kier molecular flexibility index (Phi) is 8.25. The van der Waals surface area contributed by atoms with Gasteiger partial charge in [0, 0.05) is 24.3 Å². The van der Waals surface area contributed by atoms with Crippen LogP contribution in [0.1, 0.15) is 38.7 Å². The number of nitrogens with one attached hydrogen (secondary N) is 2. The van der Waals surface area contributed by atoms with E-state index in [2.05, 4.69) is 27.8 Å². The number of hydrogen-bond acceptors (Lipinski definition) is 6. The molecule has 0 atom stereocenters. The highest BCUT2D eigenvalue weighted by Gasteiger charge is 2.15. The first-order chi connectivity index (χ1) is 15.0. The summed E-state index contributed by atoms with van der Waals surface area (Å²) in [6, 6.07) is 9.49. The van der Waals surface area contributed by atoms with Crippen molar-refractivity contribution in [2.24, 2.45) is 0 Å². The number of anilines is 2. The third kappa shape index (κ3) is 6.18. The van der Waals surface area contributed by atoms with Crippen molar-refractivity contribution < 1.29 is 9.59 Å². The van der Waals surface area contributed by atoms with Crippen LogP contribution in [0.15, 0.2) is 40.9 Å². The molecule has 31 heavy (non-hydrogen) atoms. The van der Waals surface area contributed by atoms with Gasteiger partial charge in [-0.2, -0.15) is 0 Å². The van der Waals surface area contributed by atoms with Gasteiger partial charge in [0.2, 0.25) is 11.8 Å². The summed E-state index contributed by atoms with van der Waals surface area (Å²) >= 11 is 2.98. The molecule has 7 nitrogen and oxygen atoms in total. The fourth-order valence-corrected chi connectivity index (χ4v) is 4.55. The number of unbranched alkanes of at least 4 members (excludes halogenated alkanes) is 1. The van der Waals surface area contributed by atoms with E-state index < -0.39 is 0 Å². The molecule has 164 valence electrons. The summed E-state index contributed by atoms with van der Waals surface area (Å²) in [5.41, 5.74) is 2.36. The summed E-state index contributed by atoms with van der Waals surface area (Å²) in [6.45, 7) is 6.73. The topological polar surface area (TPSA) is 88.9 Å². The predicted molar refractivity (Wildman–Crippen MR) is 128 cm³/mol. The minimum absolute atomic E-state index is 0.0105. The van der Waals surface area contributed by atoms with E-state index in [1.807, 2.05) is 48.1 Å². The summed E-state index contributed by atoms with van der Waals surface area (Å²) in [6.07, 6.45) is 2.37. The summed E-state index contributed by atoms with van der Waals surface area (Å²) in [7, 11) is 0. The molecule has 0 saturated carbocycles. The Morgan fingerprint density at radius 1 is 1.13 bits per heavy atom. The second-order valence-corrected chi connectivity index (χ2v) is 8.94. The zero-order chi connectivity index (χ0) is 22.2. The lowest BCUT2D eigenvalue weighted by molar-refractivity contribution is -0.116. The van der Waals surface area contributed by atoms with E-state index in [9.17, 15) is 9.59 Å². The van der Waals surface area contributed by atoms with E-state index in [4.69, 9.17) is 0 Å². The predicted octanol–water partition coefficient (Wildman–Crippen LogP) is 5.19. The average molecular weight is 458 g/mol. The van der Waals surface area contributed by atoms with Gasteiger partial charge in [0.1, 0.15) is 0 Å². The Labute approximate surface area is 190 Å². The maximum absolute atomic E-state index is 12.5. The van der Waals surface area contributed by atoms with Gasteiger partial charge in [0.05, 0.1) is 10.6 Å². The van der Waals surface area contributed by atoms with Gasteiger partial charge < -0.3 is 15.2 Å². The summed E-state index contributed by atoms with van der Waals surface area (Å²) < 4.78 is 2.02. The van der Waals surface area contributed by atoms with Crippen LogP contribution in [0.25, 0.3) is 10.7 Å². The molecular formula is C22H27N5O2S2. The standard InChI is InChI=1S/C22H27N5O2S2/c1-4-6-9-19(28)23-16-10-11-17(15(3)13-16)24-20(29)14-31-22-26-25-21(27(22)5-2)18-8-7-12-30-18/h7-8,10-13H,4-6,9,14H2,1-3H3,(H,23,28)(H,24,29). The van der Waals surface area contributed by atoms with Crippen LogP contribution in [0.4, 0.5) is 11.4 Å². The van der Waals surface area contributed by atoms with Crippen LogP contribution in [0.5, 0.6) is 0 Å². The number of amides is 2. The van der Waals surface area contributed by atoms with Gasteiger partial charge in [-0.1, -0.05) is 31.2 Å². The average Bonchev–Trinajstić information content (AvgIpc) is 3.42. The molecule has 3 aromatic rings. The first-order valence-electron chi connectivity index (χ1n) is 10.3. The molecule has 9 heteroatoms. The summed E-state index contributed by atoms with van der Waals surface area (Å²) in [4.78, 5) is 25.5. The second kappa shape index (κ2) is 11.1. The quantitative estimate of drug-likeness (QED) is 0.409. The Bertz CT molecular complexity index is 1030. The van der Waals surface area contributed by atoms with Gasteiger partial charge >= 0.3 is 0 Å². The number of hydrogen-bond donors (Lipinski definition) is 2. The summed E-state index contributed by atoms with van der Waals surface area (Å²) in [5.74, 6) is 0.956. The normalized spacial score (nSPS) is 10.8. The van der Waals surface area contributed by atoms with E-state index in [0.717, 1.165) is 52.2 Å². The van der Waals surface area contributed by atoms with Crippen LogP contribution < -0.4 is 10.6 Å². The molecule has 0 unspecified atom stereocenters. The Morgan fingerprint density at radius 3 is 2.65 bits per heavy atom. The number of benzene rings is 1. The zero-order valence-corrected chi connectivity index (χ0v) is 19.6. The Morgan fingerprint density at radius 2 is 1.97 bits per heavy atom. The molecule has 2 aromatic heterocycles. The van der Waals surface area contributed by atoms with E-state index >= 15 is 0 Å². The molecule has 0 aliphatic carbocycles. The number of thiophene rings is 1. The number of nitrogens with zero attached hydrogens (tertiary/aromatic N) is 3. The fraction of sp³-hybridized carbons (Fsp3) is 0.364. The van der Waals surface area contributed by atoms with Gasteiger partial charge in [0.15, 0.2) is 11.0 Å². The molecule has 0 radical (unpaired) electrons. The molecule has 2 heterocycles. The minimum atomic E-state index is -0.115. The van der Waals surface area contributed by atoms with Crippen LogP contribution in [0.3, 0.4) is 0 Å². The van der Waals surface area contributed by atoms with Gasteiger partial charge in [-0.05, 0) is 55.5 Å². The largest absolute Gasteiger partial charge is 0.326 e. The van der Waals surface area contributed by atoms with Gasteiger partial charge in [-0.25, -0.2) is 0 Å². The smallest absolute Gasteiger partial charge is 0.234 e. The Balaban J connectivity index is 1.57. The highest BCUT2D eigenvalue weighted by molar-refractivity contribution is 7.99. The number of aryl methyl sites for hydroxylation is 1. The molecule has 2 amide bonds. The first-order valence-corrected chi connectivity index (χ1v) is 12.2. The molecule has 0 fully saturated rings. The number of aromatic nitrogens is 3. The monoisotopic (exact) mass is 457 g/mol. The van der Waals surface area contributed by atoms with Crippen LogP contribution in [0.2, 0.25) is 0 Å². The van der Waals surface area contributed by atoms with Crippen molar-refractivity contribution in [3.05, 3.63) is 41.3 Å². The zero-order valence-electron chi connectivity index (χ0n) is 18.0. The van der Waals surface area contributed by atoms with Gasteiger partial charge in [0.25, 0.3) is 0 Å². The number of carbonyl (C=O) groups is 2. The van der Waals surface area contributed by atoms with Gasteiger partial charge in [-0.15, -0.1) is 21.5 Å². The van der Waals surface area contributed by atoms with Crippen molar-refractivity contribution in [3.63, 3.8) is 0 Å². The minimum Gasteiger partial charge on any atom is -0.326 e. The number of thioether (sulfide) groups is 1. The second-order valence-electron chi connectivity index (χ2n) is 7.05. The van der Waals surface area contributed by atoms with Crippen molar-refractivity contribution in [1.29, 1.82) is 0 Å². The highest BCUT2D eigenvalue weighted by atomic mass is 32.2. The van der Waals surface area contributed by atoms with Crippen LogP contribution in [-0.2, 0) is 16.1 Å². The number of carbonyl (C=O) groups excluding carboxylic acids is 2. The van der Waals surface area contributed by atoms with Crippen LogP contribution in [-0.4, -0.2) is 32.3 Å². The lowest BCUT2D eigenvalue weighted by atomic mass is 10.1. The first kappa shape index (κ1) is 23.0. The maximum Gasteiger partial charge on any atom is 0.234 e. The van der Waals surface area contributed by atoms with Crippen LogP contribution in [0, 0.1) is 6.92 Å². The molecule has 0 aliphatic heterocycles. The van der Waals surface area contributed by atoms with E-state index in [1.54, 1.807) is 17.4 Å². The van der Waals surface area contributed by atoms with Crippen molar-refractivity contribution in [2.45, 2.75) is 51.7 Å². The fourth-order valence-electron chi connectivity index (χ4n) is 3.03. The van der Waals surface area contributed by atoms with E-state index in [-0.39, 0.29) is 17.6 Å². The summed E-state index contributed by atoms with van der Waals surface area (Å²) in [5, 5.41) is 17.1. The maximum atomic E-state index is 12.5. The molecule has 0 spiro atoms. The molecule has 2 N–H and O–H groups in total. The molecule has 0 saturated heterocycles. The molecular weight excluding hydrogens is 430 g/mol. The molecule has 3 rings (SSSR count). The van der Waals surface area contributed by atoms with Crippen molar-refractivity contribution >= 4 is 46.3 Å². The van der Waals surface area contributed by atoms with E-state index in [1.165, 1.54) is 11.8 Å². The Hall–Kier alpha value is -2.65. The molecule has 0 aliphatic rings. The third-order valence-corrected chi connectivity index (χ3v) is 6.48. The van der Waals surface area contributed by atoms with Crippen molar-refractivity contribution in [1.82, 2.24) is 14.8 Å². The SMILES string of the molecule is CCCCC(=O)Nc1ccc(NC(=O)CSc2nnc(-c3cccs3)n2CC)c(C)c1. The van der Waals surface area contributed by atoms with Gasteiger partial charge in [-0.3, -0.25) is 9.59 Å². The van der Waals surface area contributed by atoms with Crippen molar-refractivity contribution in [2.75, 3.05) is 16.4 Å². The molecule has 1 aromatic carbocycles.